The summed E-state index contributed by atoms with van der Waals surface area (Å²) in [4.78, 5) is 22.9. The number of aryl methyl sites for hydroxylation is 1. The number of ether oxygens (including phenoxy) is 2. The topological polar surface area (TPSA) is 64.6 Å². The summed E-state index contributed by atoms with van der Waals surface area (Å²) < 4.78 is 11.7. The molecular weight excluding hydrogens is 270 g/mol. The Hall–Kier alpha value is -1.53. The van der Waals surface area contributed by atoms with Gasteiger partial charge in [0.25, 0.3) is 5.91 Å². The van der Waals surface area contributed by atoms with Crippen LogP contribution in [0.3, 0.4) is 0 Å². The highest BCUT2D eigenvalue weighted by Crippen LogP contribution is 2.32. The molecule has 3 atom stereocenters. The highest BCUT2D eigenvalue weighted by Gasteiger charge is 2.44. The van der Waals surface area contributed by atoms with Gasteiger partial charge in [-0.25, -0.2) is 4.98 Å². The van der Waals surface area contributed by atoms with E-state index in [4.69, 9.17) is 9.47 Å². The lowest BCUT2D eigenvalue weighted by atomic mass is 10.1. The third-order valence-electron chi connectivity index (χ3n) is 4.18. The van der Waals surface area contributed by atoms with Crippen LogP contribution in [0.1, 0.15) is 35.9 Å². The Balaban J connectivity index is 1.82. The smallest absolute Gasteiger partial charge is 0.274 e. The molecular formula is C15H21N3O3. The Kier molecular flexibility index (Phi) is 4.17. The van der Waals surface area contributed by atoms with Gasteiger partial charge in [0.15, 0.2) is 0 Å². The van der Waals surface area contributed by atoms with Gasteiger partial charge in [-0.05, 0) is 26.7 Å². The van der Waals surface area contributed by atoms with Gasteiger partial charge < -0.3 is 14.4 Å². The molecule has 2 heterocycles. The first-order chi connectivity index (χ1) is 10.2. The lowest BCUT2D eigenvalue weighted by molar-refractivity contribution is -0.0484. The summed E-state index contributed by atoms with van der Waals surface area (Å²) in [6.45, 7) is 5.60. The Morgan fingerprint density at radius 2 is 2.29 bits per heavy atom. The molecule has 1 amide bonds. The molecule has 1 aliphatic carbocycles. The fourth-order valence-electron chi connectivity index (χ4n) is 3.20. The lowest BCUT2D eigenvalue weighted by Crippen LogP contribution is -2.46. The van der Waals surface area contributed by atoms with Gasteiger partial charge in [0.05, 0.1) is 30.6 Å². The minimum Gasteiger partial charge on any atom is -0.374 e. The number of nitrogens with zero attached hydrogens (tertiary/aromatic N) is 3. The monoisotopic (exact) mass is 291 g/mol. The van der Waals surface area contributed by atoms with Crippen LogP contribution in [0, 0.1) is 6.92 Å². The van der Waals surface area contributed by atoms with Crippen LogP contribution in [-0.4, -0.2) is 58.8 Å². The molecule has 2 fully saturated rings. The molecule has 1 saturated heterocycles. The van der Waals surface area contributed by atoms with Crippen molar-refractivity contribution in [1.29, 1.82) is 0 Å². The Labute approximate surface area is 124 Å². The molecule has 2 aliphatic rings. The summed E-state index contributed by atoms with van der Waals surface area (Å²) in [5, 5.41) is 0. The molecule has 21 heavy (non-hydrogen) atoms. The predicted molar refractivity (Wildman–Crippen MR) is 76.0 cm³/mol. The number of hydrogen-bond donors (Lipinski definition) is 0. The van der Waals surface area contributed by atoms with Crippen LogP contribution >= 0.6 is 0 Å². The van der Waals surface area contributed by atoms with Crippen molar-refractivity contribution in [3.63, 3.8) is 0 Å². The van der Waals surface area contributed by atoms with Gasteiger partial charge in [-0.15, -0.1) is 0 Å². The number of carbonyl (C=O) groups excluding carboxylic acids is 1. The minimum absolute atomic E-state index is 0.0279. The van der Waals surface area contributed by atoms with Crippen molar-refractivity contribution in [3.05, 3.63) is 23.8 Å². The van der Waals surface area contributed by atoms with Crippen LogP contribution in [0.15, 0.2) is 12.4 Å². The summed E-state index contributed by atoms with van der Waals surface area (Å²) in [6, 6.07) is 0.0769. The van der Waals surface area contributed by atoms with E-state index >= 15 is 0 Å². The molecule has 1 aromatic heterocycles. The summed E-state index contributed by atoms with van der Waals surface area (Å²) >= 11 is 0. The summed E-state index contributed by atoms with van der Waals surface area (Å²) in [6.07, 6.45) is 5.11. The van der Waals surface area contributed by atoms with E-state index in [1.807, 2.05) is 18.7 Å². The third-order valence-corrected chi connectivity index (χ3v) is 4.18. The molecule has 2 bridgehead atoms. The van der Waals surface area contributed by atoms with Crippen molar-refractivity contribution < 1.29 is 14.3 Å². The quantitative estimate of drug-likeness (QED) is 0.837. The second-order valence-corrected chi connectivity index (χ2v) is 5.52. The maximum Gasteiger partial charge on any atom is 0.274 e. The van der Waals surface area contributed by atoms with Gasteiger partial charge >= 0.3 is 0 Å². The van der Waals surface area contributed by atoms with Gasteiger partial charge in [-0.2, -0.15) is 0 Å². The molecule has 3 rings (SSSR count). The van der Waals surface area contributed by atoms with E-state index in [0.717, 1.165) is 18.5 Å². The lowest BCUT2D eigenvalue weighted by Gasteiger charge is -2.30. The average molecular weight is 291 g/mol. The standard InChI is InChI=1S/C15H21N3O3/c1-3-20-14-12-4-5-13(14)21-7-6-18(12)15(19)11-9-16-10(2)8-17-11/h8-9,12-14H,3-7H2,1-2H3/t12-,13-,14+/m1/s1. The number of amides is 1. The van der Waals surface area contributed by atoms with Crippen LogP contribution in [0.25, 0.3) is 0 Å². The summed E-state index contributed by atoms with van der Waals surface area (Å²) in [5.74, 6) is -0.0802. The maximum atomic E-state index is 12.7. The van der Waals surface area contributed by atoms with E-state index in [1.165, 1.54) is 0 Å². The molecule has 6 heteroatoms. The van der Waals surface area contributed by atoms with Crippen molar-refractivity contribution in [2.24, 2.45) is 0 Å². The molecule has 0 N–H and O–H groups in total. The van der Waals surface area contributed by atoms with Crippen molar-refractivity contribution >= 4 is 5.91 Å². The summed E-state index contributed by atoms with van der Waals surface area (Å²) in [7, 11) is 0. The molecule has 0 radical (unpaired) electrons. The van der Waals surface area contributed by atoms with Crippen LogP contribution in [0.5, 0.6) is 0 Å². The third kappa shape index (κ3) is 2.78. The number of aromatic nitrogens is 2. The molecule has 0 unspecified atom stereocenters. The summed E-state index contributed by atoms with van der Waals surface area (Å²) in [5.41, 5.74) is 1.19. The van der Waals surface area contributed by atoms with E-state index in [1.54, 1.807) is 12.4 Å². The van der Waals surface area contributed by atoms with E-state index in [9.17, 15) is 4.79 Å². The first kappa shape index (κ1) is 14.4. The Morgan fingerprint density at radius 3 is 3.00 bits per heavy atom. The fraction of sp³-hybridized carbons (Fsp3) is 0.667. The van der Waals surface area contributed by atoms with Crippen molar-refractivity contribution in [1.82, 2.24) is 14.9 Å². The van der Waals surface area contributed by atoms with E-state index in [2.05, 4.69) is 9.97 Å². The zero-order valence-electron chi connectivity index (χ0n) is 12.5. The Morgan fingerprint density at radius 1 is 1.43 bits per heavy atom. The molecule has 1 saturated carbocycles. The van der Waals surface area contributed by atoms with E-state index in [-0.39, 0.29) is 24.2 Å². The van der Waals surface area contributed by atoms with Gasteiger partial charge in [0, 0.05) is 19.3 Å². The van der Waals surface area contributed by atoms with Gasteiger partial charge in [0.1, 0.15) is 11.8 Å². The number of carbonyl (C=O) groups is 1. The Bertz CT molecular complexity index is 505. The van der Waals surface area contributed by atoms with Gasteiger partial charge in [0.2, 0.25) is 0 Å². The highest BCUT2D eigenvalue weighted by atomic mass is 16.5. The van der Waals surface area contributed by atoms with E-state index in [0.29, 0.717) is 25.5 Å². The van der Waals surface area contributed by atoms with E-state index < -0.39 is 0 Å². The predicted octanol–water partition coefficient (Wildman–Crippen LogP) is 1.19. The first-order valence-electron chi connectivity index (χ1n) is 7.53. The average Bonchev–Trinajstić information content (AvgIpc) is 2.76. The molecule has 114 valence electrons. The van der Waals surface area contributed by atoms with Crippen LogP contribution in [-0.2, 0) is 9.47 Å². The minimum atomic E-state index is -0.0802. The second-order valence-electron chi connectivity index (χ2n) is 5.52. The maximum absolute atomic E-state index is 12.7. The largest absolute Gasteiger partial charge is 0.374 e. The zero-order valence-corrected chi connectivity index (χ0v) is 12.5. The van der Waals surface area contributed by atoms with Crippen molar-refractivity contribution in [2.45, 2.75) is 44.9 Å². The first-order valence-corrected chi connectivity index (χ1v) is 7.53. The zero-order chi connectivity index (χ0) is 14.8. The van der Waals surface area contributed by atoms with Crippen LogP contribution < -0.4 is 0 Å². The van der Waals surface area contributed by atoms with Crippen molar-refractivity contribution in [2.75, 3.05) is 19.8 Å². The van der Waals surface area contributed by atoms with Gasteiger partial charge in [-0.3, -0.25) is 9.78 Å². The molecule has 0 spiro atoms. The van der Waals surface area contributed by atoms with Crippen molar-refractivity contribution in [3.8, 4) is 0 Å². The number of fused-ring (bicyclic) bond motifs is 2. The second kappa shape index (κ2) is 6.07. The SMILES string of the molecule is CCO[C@H]1[C@H]2CC[C@H]1OCCN2C(=O)c1cnc(C)cn1. The van der Waals surface area contributed by atoms with Gasteiger partial charge in [-0.1, -0.05) is 0 Å². The fourth-order valence-corrected chi connectivity index (χ4v) is 3.20. The highest BCUT2D eigenvalue weighted by molar-refractivity contribution is 5.92. The number of hydrogen-bond acceptors (Lipinski definition) is 5. The molecule has 1 aromatic rings. The number of rotatable bonds is 3. The molecule has 6 nitrogen and oxygen atoms in total. The molecule has 0 aromatic carbocycles. The molecule has 1 aliphatic heterocycles. The van der Waals surface area contributed by atoms with Crippen LogP contribution in [0.2, 0.25) is 0 Å². The normalized spacial score (nSPS) is 28.5. The van der Waals surface area contributed by atoms with Crippen LogP contribution in [0.4, 0.5) is 0 Å².